The van der Waals surface area contributed by atoms with Crippen LogP contribution in [-0.4, -0.2) is 0 Å². The number of rotatable bonds is 5. The molecule has 1 aromatic rings. The first kappa shape index (κ1) is 14.1. The lowest BCUT2D eigenvalue weighted by atomic mass is 9.90. The molecule has 0 aromatic heterocycles. The summed E-state index contributed by atoms with van der Waals surface area (Å²) in [6.45, 7) is 10.6. The van der Waals surface area contributed by atoms with Gasteiger partial charge < -0.3 is 0 Å². The van der Waals surface area contributed by atoms with E-state index in [1.54, 1.807) is 0 Å². The van der Waals surface area contributed by atoms with Crippen molar-refractivity contribution in [1.29, 1.82) is 0 Å². The number of hydrogen-bond donors (Lipinski definition) is 0. The second-order valence-electron chi connectivity index (χ2n) is 5.52. The molecule has 1 rings (SSSR count). The van der Waals surface area contributed by atoms with Crippen LogP contribution in [0.15, 0.2) is 12.1 Å². The average Bonchev–Trinajstić information content (AvgIpc) is 2.26. The van der Waals surface area contributed by atoms with Gasteiger partial charge in [-0.05, 0) is 30.2 Å². The highest BCUT2D eigenvalue weighted by atomic mass is 16.3. The van der Waals surface area contributed by atoms with Crippen molar-refractivity contribution in [3.8, 4) is 5.75 Å². The fraction of sp³-hybridized carbons (Fsp3) is 0.625. The first-order chi connectivity index (χ1) is 7.97. The summed E-state index contributed by atoms with van der Waals surface area (Å²) in [5.41, 5.74) is 3.31. The van der Waals surface area contributed by atoms with Crippen LogP contribution < -0.4 is 0 Å². The van der Waals surface area contributed by atoms with Gasteiger partial charge in [-0.1, -0.05) is 53.2 Å². The second kappa shape index (κ2) is 6.09. The van der Waals surface area contributed by atoms with Gasteiger partial charge in [0.25, 0.3) is 0 Å². The average molecular weight is 233 g/mol. The molecule has 0 saturated carbocycles. The van der Waals surface area contributed by atoms with E-state index in [1.165, 1.54) is 18.4 Å². The van der Waals surface area contributed by atoms with Crippen molar-refractivity contribution in [3.05, 3.63) is 28.8 Å². The summed E-state index contributed by atoms with van der Waals surface area (Å²) in [7, 11) is 0. The van der Waals surface area contributed by atoms with Crippen molar-refractivity contribution in [1.82, 2.24) is 0 Å². The second-order valence-corrected chi connectivity index (χ2v) is 5.52. The highest BCUT2D eigenvalue weighted by molar-refractivity contribution is 5.46. The number of benzene rings is 1. The third-order valence-corrected chi connectivity index (χ3v) is 3.27. The molecule has 0 aliphatic heterocycles. The van der Waals surface area contributed by atoms with Crippen molar-refractivity contribution in [2.24, 2.45) is 0 Å². The molecule has 1 heteroatoms. The minimum Gasteiger partial charge on any atom is -0.289 e. The van der Waals surface area contributed by atoms with Gasteiger partial charge in [-0.3, -0.25) is 5.11 Å². The minimum absolute atomic E-state index is 0.259. The van der Waals surface area contributed by atoms with Gasteiger partial charge in [0.15, 0.2) is 5.75 Å². The summed E-state index contributed by atoms with van der Waals surface area (Å²) in [6.07, 6.45) is 3.50. The van der Waals surface area contributed by atoms with E-state index in [9.17, 15) is 5.11 Å². The molecule has 0 aliphatic carbocycles. The molecule has 1 radical (unpaired) electrons. The van der Waals surface area contributed by atoms with Crippen molar-refractivity contribution in [2.45, 2.75) is 65.7 Å². The maximum atomic E-state index is 12.3. The molecule has 0 amide bonds. The summed E-state index contributed by atoms with van der Waals surface area (Å²) < 4.78 is 0. The van der Waals surface area contributed by atoms with Gasteiger partial charge >= 0.3 is 0 Å². The zero-order valence-corrected chi connectivity index (χ0v) is 11.8. The van der Waals surface area contributed by atoms with Crippen LogP contribution >= 0.6 is 0 Å². The highest BCUT2D eigenvalue weighted by Crippen LogP contribution is 2.35. The van der Waals surface area contributed by atoms with E-state index in [1.807, 2.05) is 0 Å². The zero-order chi connectivity index (χ0) is 13.0. The highest BCUT2D eigenvalue weighted by Gasteiger charge is 2.16. The Labute approximate surface area is 106 Å². The predicted molar refractivity (Wildman–Crippen MR) is 73.4 cm³/mol. The number of hydrogen-bond acceptors (Lipinski definition) is 0. The molecule has 0 unspecified atom stereocenters. The lowest BCUT2D eigenvalue weighted by molar-refractivity contribution is 0.341. The molecule has 0 bridgehead atoms. The molecule has 95 valence electrons. The van der Waals surface area contributed by atoms with Crippen molar-refractivity contribution >= 4 is 0 Å². The van der Waals surface area contributed by atoms with Crippen LogP contribution in [0, 0.1) is 0 Å². The predicted octanol–water partition coefficient (Wildman–Crippen LogP) is 5.42. The largest absolute Gasteiger partial charge is 0.289 e. The fourth-order valence-electron chi connectivity index (χ4n) is 2.12. The van der Waals surface area contributed by atoms with E-state index in [-0.39, 0.29) is 5.75 Å². The van der Waals surface area contributed by atoms with Crippen LogP contribution in [0.5, 0.6) is 5.75 Å². The van der Waals surface area contributed by atoms with E-state index >= 15 is 0 Å². The van der Waals surface area contributed by atoms with Gasteiger partial charge in [0.1, 0.15) is 0 Å². The van der Waals surface area contributed by atoms with Crippen LogP contribution in [0.3, 0.4) is 0 Å². The van der Waals surface area contributed by atoms with Gasteiger partial charge in [-0.2, -0.15) is 0 Å². The summed E-state index contributed by atoms with van der Waals surface area (Å²) in [4.78, 5) is 0. The van der Waals surface area contributed by atoms with Crippen LogP contribution in [0.1, 0.15) is 76.0 Å². The third-order valence-electron chi connectivity index (χ3n) is 3.27. The van der Waals surface area contributed by atoms with Crippen LogP contribution in [0.25, 0.3) is 0 Å². The lowest BCUT2D eigenvalue weighted by Gasteiger charge is -2.15. The van der Waals surface area contributed by atoms with Crippen LogP contribution in [-0.2, 0) is 11.5 Å². The minimum atomic E-state index is 0.259. The zero-order valence-electron chi connectivity index (χ0n) is 11.8. The van der Waals surface area contributed by atoms with E-state index in [2.05, 4.69) is 46.8 Å². The molecule has 0 aliphatic rings. The Morgan fingerprint density at radius 1 is 1.00 bits per heavy atom. The molecular formula is C16H25O. The molecule has 1 aromatic carbocycles. The Bertz CT molecular complexity index is 335. The normalized spacial score (nSPS) is 11.5. The van der Waals surface area contributed by atoms with Gasteiger partial charge in [-0.25, -0.2) is 0 Å². The molecular weight excluding hydrogens is 208 g/mol. The Hall–Kier alpha value is -0.980. The monoisotopic (exact) mass is 233 g/mol. The van der Waals surface area contributed by atoms with Crippen molar-refractivity contribution in [2.75, 3.05) is 0 Å². The Kier molecular flexibility index (Phi) is 5.04. The SMILES string of the molecule is CCCCc1cc(C(C)C)c([O])c(C(C)C)c1. The Morgan fingerprint density at radius 2 is 1.47 bits per heavy atom. The molecule has 0 heterocycles. The summed E-state index contributed by atoms with van der Waals surface area (Å²) in [5, 5.41) is 12.3. The lowest BCUT2D eigenvalue weighted by Crippen LogP contribution is -1.98. The first-order valence-electron chi connectivity index (χ1n) is 6.81. The smallest absolute Gasteiger partial charge is 0.185 e. The fourth-order valence-corrected chi connectivity index (χ4v) is 2.12. The number of aryl methyl sites for hydroxylation is 1. The van der Waals surface area contributed by atoms with Gasteiger partial charge in [0, 0.05) is 11.1 Å². The molecule has 0 fully saturated rings. The van der Waals surface area contributed by atoms with E-state index in [4.69, 9.17) is 0 Å². The number of unbranched alkanes of at least 4 members (excludes halogenated alkanes) is 1. The van der Waals surface area contributed by atoms with Crippen LogP contribution in [0.4, 0.5) is 0 Å². The standard InChI is InChI=1S/C16H25O/c1-6-7-8-13-9-14(11(2)3)16(17)15(10-13)12(4)5/h9-12H,6-8H2,1-5H3. The maximum absolute atomic E-state index is 12.3. The molecule has 0 N–H and O–H groups in total. The van der Waals surface area contributed by atoms with E-state index < -0.39 is 0 Å². The van der Waals surface area contributed by atoms with Crippen LogP contribution in [0.2, 0.25) is 0 Å². The third kappa shape index (κ3) is 3.49. The summed E-state index contributed by atoms with van der Waals surface area (Å²) in [6, 6.07) is 4.24. The molecule has 0 atom stereocenters. The quantitative estimate of drug-likeness (QED) is 0.647. The Morgan fingerprint density at radius 3 is 1.82 bits per heavy atom. The Balaban J connectivity index is 3.17. The van der Waals surface area contributed by atoms with E-state index in [0.29, 0.717) is 11.8 Å². The molecule has 1 nitrogen and oxygen atoms in total. The van der Waals surface area contributed by atoms with Gasteiger partial charge in [-0.15, -0.1) is 0 Å². The molecule has 0 spiro atoms. The molecule has 17 heavy (non-hydrogen) atoms. The topological polar surface area (TPSA) is 19.9 Å². The van der Waals surface area contributed by atoms with Gasteiger partial charge in [0.2, 0.25) is 0 Å². The summed E-state index contributed by atoms with van der Waals surface area (Å²) in [5.74, 6) is 0.901. The van der Waals surface area contributed by atoms with E-state index in [0.717, 1.165) is 17.5 Å². The molecule has 0 saturated heterocycles. The van der Waals surface area contributed by atoms with Crippen molar-refractivity contribution < 1.29 is 5.11 Å². The maximum Gasteiger partial charge on any atom is 0.185 e. The van der Waals surface area contributed by atoms with Gasteiger partial charge in [0.05, 0.1) is 0 Å². The summed E-state index contributed by atoms with van der Waals surface area (Å²) >= 11 is 0. The first-order valence-corrected chi connectivity index (χ1v) is 6.81. The van der Waals surface area contributed by atoms with Crippen molar-refractivity contribution in [3.63, 3.8) is 0 Å².